The van der Waals surface area contributed by atoms with Crippen LogP contribution in [0, 0.1) is 11.6 Å². The van der Waals surface area contributed by atoms with Gasteiger partial charge in [0.1, 0.15) is 23.0 Å². The van der Waals surface area contributed by atoms with Crippen molar-refractivity contribution < 1.29 is 22.7 Å². The molecule has 150 valence electrons. The van der Waals surface area contributed by atoms with E-state index in [1.807, 2.05) is 30.3 Å². The zero-order chi connectivity index (χ0) is 21.1. The maximum Gasteiger partial charge on any atom is 0.336 e. The molecule has 0 saturated carbocycles. The first kappa shape index (κ1) is 19.3. The van der Waals surface area contributed by atoms with Gasteiger partial charge in [0.25, 0.3) is 5.91 Å². The third-order valence-electron chi connectivity index (χ3n) is 4.38. The van der Waals surface area contributed by atoms with E-state index >= 15 is 0 Å². The third-order valence-corrected chi connectivity index (χ3v) is 4.38. The van der Waals surface area contributed by atoms with Gasteiger partial charge in [-0.25, -0.2) is 13.6 Å². The molecule has 0 bridgehead atoms. The Kier molecular flexibility index (Phi) is 5.26. The predicted octanol–water partition coefficient (Wildman–Crippen LogP) is 4.76. The summed E-state index contributed by atoms with van der Waals surface area (Å²) in [5.41, 5.74) is 1.23. The second kappa shape index (κ2) is 8.16. The normalized spacial score (nSPS) is 10.7. The van der Waals surface area contributed by atoms with Crippen molar-refractivity contribution in [3.8, 4) is 16.9 Å². The van der Waals surface area contributed by atoms with Crippen molar-refractivity contribution in [2.45, 2.75) is 0 Å². The summed E-state index contributed by atoms with van der Waals surface area (Å²) in [7, 11) is 0. The highest BCUT2D eigenvalue weighted by molar-refractivity contribution is 5.94. The smallest absolute Gasteiger partial charge is 0.336 e. The second-order valence-corrected chi connectivity index (χ2v) is 6.46. The number of amides is 1. The summed E-state index contributed by atoms with van der Waals surface area (Å²) < 4.78 is 37.3. The number of carbonyl (C=O) groups is 1. The first-order valence-corrected chi connectivity index (χ1v) is 9.00. The zero-order valence-corrected chi connectivity index (χ0v) is 15.5. The third kappa shape index (κ3) is 4.20. The SMILES string of the molecule is O=C(COc1ccc2c(-c3ccccc3)cc(=O)oc2c1)Nc1ccc(F)cc1F. The molecule has 1 heterocycles. The van der Waals surface area contributed by atoms with Crippen molar-refractivity contribution in [1.29, 1.82) is 0 Å². The number of fused-ring (bicyclic) bond motifs is 1. The van der Waals surface area contributed by atoms with Crippen LogP contribution in [0.15, 0.2) is 82.0 Å². The van der Waals surface area contributed by atoms with Gasteiger partial charge in [0.15, 0.2) is 6.61 Å². The van der Waals surface area contributed by atoms with E-state index in [1.54, 1.807) is 12.1 Å². The molecule has 3 aromatic carbocycles. The average molecular weight is 407 g/mol. The van der Waals surface area contributed by atoms with E-state index in [1.165, 1.54) is 12.1 Å². The van der Waals surface area contributed by atoms with Crippen LogP contribution in [0.4, 0.5) is 14.5 Å². The van der Waals surface area contributed by atoms with Gasteiger partial charge in [0.05, 0.1) is 5.69 Å². The molecule has 4 rings (SSSR count). The predicted molar refractivity (Wildman–Crippen MR) is 108 cm³/mol. The first-order valence-electron chi connectivity index (χ1n) is 9.00. The Morgan fingerprint density at radius 3 is 2.53 bits per heavy atom. The van der Waals surface area contributed by atoms with Crippen molar-refractivity contribution in [2.75, 3.05) is 11.9 Å². The molecule has 0 aliphatic rings. The molecule has 1 aromatic heterocycles. The number of ether oxygens (including phenoxy) is 1. The lowest BCUT2D eigenvalue weighted by Crippen LogP contribution is -2.20. The number of carbonyl (C=O) groups excluding carboxylic acids is 1. The Hall–Kier alpha value is -4.00. The molecule has 7 heteroatoms. The molecule has 30 heavy (non-hydrogen) atoms. The fourth-order valence-electron chi connectivity index (χ4n) is 3.02. The van der Waals surface area contributed by atoms with Gasteiger partial charge in [-0.1, -0.05) is 30.3 Å². The van der Waals surface area contributed by atoms with Crippen LogP contribution in [-0.4, -0.2) is 12.5 Å². The number of rotatable bonds is 5. The Balaban J connectivity index is 1.53. The topological polar surface area (TPSA) is 68.5 Å². The van der Waals surface area contributed by atoms with Crippen LogP contribution in [0.1, 0.15) is 0 Å². The quantitative estimate of drug-likeness (QED) is 0.485. The molecule has 0 fully saturated rings. The highest BCUT2D eigenvalue weighted by atomic mass is 19.1. The Morgan fingerprint density at radius 1 is 0.967 bits per heavy atom. The zero-order valence-electron chi connectivity index (χ0n) is 15.5. The lowest BCUT2D eigenvalue weighted by atomic mass is 10.0. The molecule has 0 aliphatic carbocycles. The van der Waals surface area contributed by atoms with Crippen molar-refractivity contribution >= 4 is 22.6 Å². The molecule has 1 amide bonds. The number of halogens is 2. The van der Waals surface area contributed by atoms with Gasteiger partial charge in [-0.15, -0.1) is 0 Å². The van der Waals surface area contributed by atoms with E-state index in [2.05, 4.69) is 5.32 Å². The maximum absolute atomic E-state index is 13.6. The van der Waals surface area contributed by atoms with Gasteiger partial charge in [-0.2, -0.15) is 0 Å². The summed E-state index contributed by atoms with van der Waals surface area (Å²) >= 11 is 0. The Bertz CT molecular complexity index is 1290. The van der Waals surface area contributed by atoms with E-state index < -0.39 is 29.8 Å². The molecule has 0 unspecified atom stereocenters. The summed E-state index contributed by atoms with van der Waals surface area (Å²) in [5.74, 6) is -1.95. The molecule has 0 aliphatic heterocycles. The van der Waals surface area contributed by atoms with Crippen LogP contribution in [0.3, 0.4) is 0 Å². The molecule has 0 atom stereocenters. The number of benzene rings is 3. The summed E-state index contributed by atoms with van der Waals surface area (Å²) in [6.07, 6.45) is 0. The van der Waals surface area contributed by atoms with Gasteiger partial charge in [0, 0.05) is 23.6 Å². The number of hydrogen-bond acceptors (Lipinski definition) is 4. The highest BCUT2D eigenvalue weighted by Crippen LogP contribution is 2.29. The van der Waals surface area contributed by atoms with Crippen LogP contribution in [0.25, 0.3) is 22.1 Å². The van der Waals surface area contributed by atoms with Gasteiger partial charge in [0.2, 0.25) is 0 Å². The lowest BCUT2D eigenvalue weighted by Gasteiger charge is -2.10. The van der Waals surface area contributed by atoms with Gasteiger partial charge in [-0.3, -0.25) is 4.79 Å². The molecule has 4 aromatic rings. The molecular formula is C23H15F2NO4. The Labute approximate surface area is 169 Å². The van der Waals surface area contributed by atoms with Gasteiger partial charge >= 0.3 is 5.63 Å². The Morgan fingerprint density at radius 2 is 1.77 bits per heavy atom. The first-order chi connectivity index (χ1) is 14.5. The highest BCUT2D eigenvalue weighted by Gasteiger charge is 2.11. The second-order valence-electron chi connectivity index (χ2n) is 6.46. The lowest BCUT2D eigenvalue weighted by molar-refractivity contribution is -0.118. The minimum absolute atomic E-state index is 0.151. The van der Waals surface area contributed by atoms with Crippen molar-refractivity contribution in [1.82, 2.24) is 0 Å². The fraction of sp³-hybridized carbons (Fsp3) is 0.0435. The van der Waals surface area contributed by atoms with E-state index in [9.17, 15) is 18.4 Å². The number of anilines is 1. The monoisotopic (exact) mass is 407 g/mol. The summed E-state index contributed by atoms with van der Waals surface area (Å²) in [5, 5.41) is 3.02. The summed E-state index contributed by atoms with van der Waals surface area (Å²) in [4.78, 5) is 24.0. The van der Waals surface area contributed by atoms with E-state index in [0.29, 0.717) is 22.8 Å². The van der Waals surface area contributed by atoms with E-state index in [4.69, 9.17) is 9.15 Å². The van der Waals surface area contributed by atoms with Crippen LogP contribution in [0.5, 0.6) is 5.75 Å². The summed E-state index contributed by atoms with van der Waals surface area (Å²) in [6, 6.07) is 18.5. The van der Waals surface area contributed by atoms with Gasteiger partial charge in [-0.05, 0) is 35.4 Å². The van der Waals surface area contributed by atoms with Crippen LogP contribution in [0.2, 0.25) is 0 Å². The largest absolute Gasteiger partial charge is 0.484 e. The number of nitrogens with one attached hydrogen (secondary N) is 1. The van der Waals surface area contributed by atoms with Crippen molar-refractivity contribution in [3.05, 3.63) is 94.9 Å². The van der Waals surface area contributed by atoms with Crippen molar-refractivity contribution in [2.24, 2.45) is 0 Å². The maximum atomic E-state index is 13.6. The van der Waals surface area contributed by atoms with Gasteiger partial charge < -0.3 is 14.5 Å². The molecule has 0 saturated heterocycles. The van der Waals surface area contributed by atoms with Crippen LogP contribution in [-0.2, 0) is 4.79 Å². The standard InChI is InChI=1S/C23H15F2NO4/c24-15-6-9-20(19(25)10-15)26-22(27)13-29-16-7-8-17-18(14-4-2-1-3-5-14)12-23(28)30-21(17)11-16/h1-12H,13H2,(H,26,27). The summed E-state index contributed by atoms with van der Waals surface area (Å²) in [6.45, 7) is -0.412. The minimum atomic E-state index is -0.885. The van der Waals surface area contributed by atoms with Crippen LogP contribution < -0.4 is 15.7 Å². The minimum Gasteiger partial charge on any atom is -0.484 e. The molecular weight excluding hydrogens is 392 g/mol. The van der Waals surface area contributed by atoms with E-state index in [-0.39, 0.29) is 5.69 Å². The molecule has 0 spiro atoms. The molecule has 0 radical (unpaired) electrons. The average Bonchev–Trinajstić information content (AvgIpc) is 2.74. The molecule has 5 nitrogen and oxygen atoms in total. The molecule has 1 N–H and O–H groups in total. The van der Waals surface area contributed by atoms with E-state index in [0.717, 1.165) is 23.3 Å². The number of hydrogen-bond donors (Lipinski definition) is 1. The van der Waals surface area contributed by atoms with Crippen LogP contribution >= 0.6 is 0 Å². The fourth-order valence-corrected chi connectivity index (χ4v) is 3.02. The van der Waals surface area contributed by atoms with Crippen molar-refractivity contribution in [3.63, 3.8) is 0 Å².